The van der Waals surface area contributed by atoms with Gasteiger partial charge in [0.05, 0.1) is 17.6 Å². The van der Waals surface area contributed by atoms with Gasteiger partial charge in [-0.05, 0) is 37.1 Å². The highest BCUT2D eigenvalue weighted by Gasteiger charge is 2.30. The van der Waals surface area contributed by atoms with Gasteiger partial charge in [0, 0.05) is 41.9 Å². The van der Waals surface area contributed by atoms with Crippen molar-refractivity contribution >= 4 is 34.9 Å². The summed E-state index contributed by atoms with van der Waals surface area (Å²) in [5.41, 5.74) is 0.366. The summed E-state index contributed by atoms with van der Waals surface area (Å²) in [5, 5.41) is 12.0. The quantitative estimate of drug-likeness (QED) is 0.325. The van der Waals surface area contributed by atoms with Crippen LogP contribution in [0, 0.1) is 16.0 Å². The zero-order valence-corrected chi connectivity index (χ0v) is 15.9. The maximum Gasteiger partial charge on any atom is 0.339 e. The van der Waals surface area contributed by atoms with Gasteiger partial charge in [0.2, 0.25) is 5.82 Å². The third-order valence-corrected chi connectivity index (χ3v) is 5.01. The van der Waals surface area contributed by atoms with Gasteiger partial charge in [-0.15, -0.1) is 0 Å². The Kier molecular flexibility index (Phi) is 5.89. The van der Waals surface area contributed by atoms with Crippen molar-refractivity contribution in [3.05, 3.63) is 62.8 Å². The lowest BCUT2D eigenvalue weighted by atomic mass is 9.89. The number of esters is 1. The van der Waals surface area contributed by atoms with Crippen LogP contribution in [0.15, 0.2) is 36.5 Å². The molecule has 1 aromatic heterocycles. The Morgan fingerprint density at radius 3 is 2.43 bits per heavy atom. The summed E-state index contributed by atoms with van der Waals surface area (Å²) in [7, 11) is 1.20. The van der Waals surface area contributed by atoms with E-state index >= 15 is 0 Å². The fourth-order valence-electron chi connectivity index (χ4n) is 3.26. The molecule has 0 unspecified atom stereocenters. The maximum absolute atomic E-state index is 12.6. The van der Waals surface area contributed by atoms with Crippen LogP contribution < -0.4 is 4.90 Å². The minimum Gasteiger partial charge on any atom is -0.465 e. The van der Waals surface area contributed by atoms with Gasteiger partial charge in [-0.25, -0.2) is 9.78 Å². The van der Waals surface area contributed by atoms with E-state index in [1.165, 1.54) is 19.4 Å². The maximum atomic E-state index is 12.6. The van der Waals surface area contributed by atoms with Gasteiger partial charge >= 0.3 is 11.7 Å². The molecule has 0 spiro atoms. The number of piperidine rings is 1. The zero-order valence-electron chi connectivity index (χ0n) is 15.1. The Hall–Kier alpha value is -3.00. The third kappa shape index (κ3) is 4.12. The Balaban J connectivity index is 1.74. The molecular weight excluding hydrogens is 386 g/mol. The van der Waals surface area contributed by atoms with Crippen LogP contribution in [-0.2, 0) is 4.74 Å². The molecule has 9 heteroatoms. The number of benzene rings is 1. The van der Waals surface area contributed by atoms with Gasteiger partial charge in [0.15, 0.2) is 5.78 Å². The standard InChI is InChI=1S/C19H18ClN3O5/c1-28-19(25)14-10-16(23(26)27)18(21-11-14)22-8-6-13(7-9-22)17(24)12-2-4-15(20)5-3-12/h2-5,10-11,13H,6-9H2,1H3. The van der Waals surface area contributed by atoms with E-state index in [-0.39, 0.29) is 28.8 Å². The first-order valence-corrected chi connectivity index (χ1v) is 9.06. The summed E-state index contributed by atoms with van der Waals surface area (Å²) >= 11 is 5.86. The number of anilines is 1. The van der Waals surface area contributed by atoms with Gasteiger partial charge in [0.25, 0.3) is 0 Å². The predicted octanol–water partition coefficient (Wildman–Crippen LogP) is 3.53. The predicted molar refractivity (Wildman–Crippen MR) is 103 cm³/mol. The number of nitro groups is 1. The number of halogens is 1. The SMILES string of the molecule is COC(=O)c1cnc(N2CCC(C(=O)c3ccc(Cl)cc3)CC2)c([N+](=O)[O-])c1. The molecule has 0 aliphatic carbocycles. The molecule has 0 radical (unpaired) electrons. The molecule has 2 heterocycles. The van der Waals surface area contributed by atoms with Crippen molar-refractivity contribution in [3.8, 4) is 0 Å². The minimum absolute atomic E-state index is 0.0192. The number of rotatable bonds is 5. The van der Waals surface area contributed by atoms with Gasteiger partial charge in [-0.3, -0.25) is 14.9 Å². The van der Waals surface area contributed by atoms with E-state index in [4.69, 9.17) is 11.6 Å². The highest BCUT2D eigenvalue weighted by molar-refractivity contribution is 6.30. The molecule has 8 nitrogen and oxygen atoms in total. The van der Waals surface area contributed by atoms with Crippen LogP contribution in [0.3, 0.4) is 0 Å². The van der Waals surface area contributed by atoms with E-state index in [9.17, 15) is 19.7 Å². The fourth-order valence-corrected chi connectivity index (χ4v) is 3.38. The first kappa shape index (κ1) is 19.8. The molecule has 1 saturated heterocycles. The molecule has 1 aliphatic rings. The van der Waals surface area contributed by atoms with Crippen molar-refractivity contribution in [2.75, 3.05) is 25.1 Å². The van der Waals surface area contributed by atoms with Crippen LogP contribution >= 0.6 is 11.6 Å². The molecule has 28 heavy (non-hydrogen) atoms. The molecular formula is C19H18ClN3O5. The number of aromatic nitrogens is 1. The van der Waals surface area contributed by atoms with Crippen molar-refractivity contribution in [1.29, 1.82) is 0 Å². The zero-order chi connectivity index (χ0) is 20.3. The summed E-state index contributed by atoms with van der Waals surface area (Å²) in [6, 6.07) is 7.93. The average molecular weight is 404 g/mol. The highest BCUT2D eigenvalue weighted by atomic mass is 35.5. The van der Waals surface area contributed by atoms with E-state index in [1.54, 1.807) is 29.2 Å². The molecule has 1 aliphatic heterocycles. The Bertz CT molecular complexity index is 908. The first-order chi connectivity index (χ1) is 13.4. The fraction of sp³-hybridized carbons (Fsp3) is 0.316. The number of ether oxygens (including phenoxy) is 1. The number of hydrogen-bond acceptors (Lipinski definition) is 7. The normalized spacial score (nSPS) is 14.6. The number of carbonyl (C=O) groups is 2. The second-order valence-electron chi connectivity index (χ2n) is 6.45. The summed E-state index contributed by atoms with van der Waals surface area (Å²) in [6.07, 6.45) is 2.37. The third-order valence-electron chi connectivity index (χ3n) is 4.76. The molecule has 0 N–H and O–H groups in total. The first-order valence-electron chi connectivity index (χ1n) is 8.68. The number of nitrogens with zero attached hydrogens (tertiary/aromatic N) is 3. The number of hydrogen-bond donors (Lipinski definition) is 0. The van der Waals surface area contributed by atoms with Gasteiger partial charge in [-0.1, -0.05) is 11.6 Å². The van der Waals surface area contributed by atoms with Crippen molar-refractivity contribution in [2.24, 2.45) is 5.92 Å². The van der Waals surface area contributed by atoms with Crippen LogP contribution in [0.5, 0.6) is 0 Å². The second-order valence-corrected chi connectivity index (χ2v) is 6.88. The molecule has 3 rings (SSSR count). The molecule has 0 bridgehead atoms. The van der Waals surface area contributed by atoms with Gasteiger partial charge in [0.1, 0.15) is 0 Å². The lowest BCUT2D eigenvalue weighted by Gasteiger charge is -2.31. The molecule has 0 saturated carbocycles. The summed E-state index contributed by atoms with van der Waals surface area (Å²) in [5.74, 6) is -0.616. The Morgan fingerprint density at radius 2 is 1.86 bits per heavy atom. The number of Topliss-reactive ketones (excluding diaryl/α,β-unsaturated/α-hetero) is 1. The number of carbonyl (C=O) groups excluding carboxylic acids is 2. The summed E-state index contributed by atoms with van der Waals surface area (Å²) in [6.45, 7) is 0.908. The highest BCUT2D eigenvalue weighted by Crippen LogP contribution is 2.31. The number of pyridine rings is 1. The van der Waals surface area contributed by atoms with Gasteiger partial charge < -0.3 is 9.64 Å². The van der Waals surface area contributed by atoms with Gasteiger partial charge in [-0.2, -0.15) is 0 Å². The van der Waals surface area contributed by atoms with Crippen LogP contribution in [0.1, 0.15) is 33.6 Å². The smallest absolute Gasteiger partial charge is 0.339 e. The van der Waals surface area contributed by atoms with Crippen LogP contribution in [0.2, 0.25) is 5.02 Å². The molecule has 146 valence electrons. The molecule has 0 atom stereocenters. The van der Waals surface area contributed by atoms with Crippen LogP contribution in [-0.4, -0.2) is 41.9 Å². The Labute approximate surface area is 166 Å². The van der Waals surface area contributed by atoms with Crippen LogP contribution in [0.4, 0.5) is 11.5 Å². The topological polar surface area (TPSA) is 103 Å². The van der Waals surface area contributed by atoms with E-state index in [0.29, 0.717) is 36.5 Å². The number of ketones is 1. The summed E-state index contributed by atoms with van der Waals surface area (Å²) in [4.78, 5) is 41.0. The lowest BCUT2D eigenvalue weighted by Crippen LogP contribution is -2.37. The van der Waals surface area contributed by atoms with Crippen molar-refractivity contribution in [1.82, 2.24) is 4.98 Å². The second kappa shape index (κ2) is 8.35. The largest absolute Gasteiger partial charge is 0.465 e. The molecule has 1 aromatic carbocycles. The van der Waals surface area contributed by atoms with E-state index < -0.39 is 10.9 Å². The van der Waals surface area contributed by atoms with E-state index in [2.05, 4.69) is 9.72 Å². The lowest BCUT2D eigenvalue weighted by molar-refractivity contribution is -0.384. The minimum atomic E-state index is -0.686. The van der Waals surface area contributed by atoms with Crippen LogP contribution in [0.25, 0.3) is 0 Å². The van der Waals surface area contributed by atoms with Crippen molar-refractivity contribution in [2.45, 2.75) is 12.8 Å². The van der Waals surface area contributed by atoms with Crippen molar-refractivity contribution in [3.63, 3.8) is 0 Å². The van der Waals surface area contributed by atoms with E-state index in [0.717, 1.165) is 0 Å². The molecule has 1 fully saturated rings. The molecule has 2 aromatic rings. The Morgan fingerprint density at radius 1 is 1.21 bits per heavy atom. The summed E-state index contributed by atoms with van der Waals surface area (Å²) < 4.78 is 4.59. The molecule has 0 amide bonds. The van der Waals surface area contributed by atoms with Crippen molar-refractivity contribution < 1.29 is 19.2 Å². The average Bonchev–Trinajstić information content (AvgIpc) is 2.73. The number of methoxy groups -OCH3 is 1. The monoisotopic (exact) mass is 403 g/mol. The van der Waals surface area contributed by atoms with E-state index in [1.807, 2.05) is 0 Å².